The summed E-state index contributed by atoms with van der Waals surface area (Å²) in [5.74, 6) is 16.0. The topological polar surface area (TPSA) is 276 Å². The molecule has 0 unspecified atom stereocenters. The lowest BCUT2D eigenvalue weighted by Gasteiger charge is -2.17. The highest BCUT2D eigenvalue weighted by Gasteiger charge is 2.22. The van der Waals surface area contributed by atoms with Gasteiger partial charge in [0.25, 0.3) is 0 Å². The van der Waals surface area contributed by atoms with Gasteiger partial charge >= 0.3 is 0 Å². The number of nitrogens with zero attached hydrogens (tertiary/aromatic N) is 6. The molecule has 10 N–H and O–H groups in total. The number of ether oxygens (including phenoxy) is 6. The molecule has 0 saturated carbocycles. The number of ketones is 2. The van der Waals surface area contributed by atoms with E-state index in [0.717, 1.165) is 46.1 Å². The van der Waals surface area contributed by atoms with Gasteiger partial charge in [-0.3, -0.25) is 9.59 Å². The van der Waals surface area contributed by atoms with Crippen molar-refractivity contribution in [2.45, 2.75) is 79.4 Å². The van der Waals surface area contributed by atoms with Crippen LogP contribution in [0.5, 0.6) is 23.0 Å². The first-order valence-corrected chi connectivity index (χ1v) is 25.7. The molecule has 4 heterocycles. The average Bonchev–Trinajstić information content (AvgIpc) is 4.12. The number of aromatic nitrogens is 4. The minimum Gasteiger partial charge on any atom is -0.493 e. The minimum absolute atomic E-state index is 0.00800. The van der Waals surface area contributed by atoms with Gasteiger partial charge in [-0.2, -0.15) is 0 Å². The molecule has 2 fully saturated rings. The predicted molar refractivity (Wildman–Crippen MR) is 294 cm³/mol. The minimum atomic E-state index is -0.00800. The molecule has 0 radical (unpaired) electrons. The van der Waals surface area contributed by atoms with Gasteiger partial charge in [-0.1, -0.05) is 52.0 Å². The lowest BCUT2D eigenvalue weighted by atomic mass is 10.1. The van der Waals surface area contributed by atoms with Crippen molar-refractivity contribution in [1.82, 2.24) is 30.0 Å². The summed E-state index contributed by atoms with van der Waals surface area (Å²) < 4.78 is 34.9. The first-order chi connectivity index (χ1) is 36.6. The molecule has 0 amide bonds. The number of allylic oxidation sites excluding steroid dienone is 2. The second kappa shape index (κ2) is 27.1. The molecule has 2 aliphatic heterocycles. The van der Waals surface area contributed by atoms with E-state index >= 15 is 0 Å². The smallest absolute Gasteiger partial charge is 0.158 e. The van der Waals surface area contributed by atoms with Crippen LogP contribution < -0.4 is 52.7 Å². The standard InChI is InChI=1S/2C28H36N6O4/c2*1-4-37-26-13-23(38-22-9-10-36-16-22)12-25-27(26)28(32-17-31-25)33-20-7-5-19(6-8-20)11-21(35)14-34(30)15-24(29)18(2)3/h2*5-8,12-13,15,17-18,22H,4,9-11,14,16,29-30H2,1-3H3,(H,31,32,33)/b2*24-15-/t2*22-/m10/s1. The van der Waals surface area contributed by atoms with E-state index in [4.69, 9.17) is 51.6 Å². The number of benzene rings is 4. The number of nitrogens with two attached hydrogens (primary N) is 4. The van der Waals surface area contributed by atoms with Crippen molar-refractivity contribution >= 4 is 56.4 Å². The van der Waals surface area contributed by atoms with Crippen LogP contribution >= 0.6 is 0 Å². The van der Waals surface area contributed by atoms with Gasteiger partial charge in [-0.15, -0.1) is 0 Å². The molecule has 8 rings (SSSR count). The van der Waals surface area contributed by atoms with Gasteiger partial charge in [-0.05, 0) is 61.1 Å². The number of hydrogen-bond donors (Lipinski definition) is 6. The van der Waals surface area contributed by atoms with Gasteiger partial charge in [0.1, 0.15) is 59.5 Å². The zero-order valence-electron chi connectivity index (χ0n) is 44.3. The molecule has 0 bridgehead atoms. The van der Waals surface area contributed by atoms with Crippen molar-refractivity contribution in [2.24, 2.45) is 35.0 Å². The number of rotatable bonds is 24. The van der Waals surface area contributed by atoms with Crippen molar-refractivity contribution in [3.63, 3.8) is 0 Å². The third kappa shape index (κ3) is 16.1. The molecule has 6 aromatic rings. The van der Waals surface area contributed by atoms with Gasteiger partial charge in [-0.25, -0.2) is 31.6 Å². The Hall–Kier alpha value is -7.78. The Bertz CT molecular complexity index is 2740. The van der Waals surface area contributed by atoms with Gasteiger partial charge in [0.2, 0.25) is 0 Å². The van der Waals surface area contributed by atoms with E-state index in [2.05, 4.69) is 30.6 Å². The fraction of sp³-hybridized carbons (Fsp3) is 0.393. The molecular formula is C56H72N12O8. The summed E-state index contributed by atoms with van der Waals surface area (Å²) in [4.78, 5) is 42.8. The van der Waals surface area contributed by atoms with Crippen LogP contribution in [0.15, 0.2) is 109 Å². The second-order valence-electron chi connectivity index (χ2n) is 19.1. The molecule has 2 saturated heterocycles. The Balaban J connectivity index is 0.000000221. The van der Waals surface area contributed by atoms with E-state index in [-0.39, 0.29) is 61.5 Å². The number of Topliss-reactive ketones (excluding diaryl/α,β-unsaturated/α-hetero) is 2. The van der Waals surface area contributed by atoms with Crippen LogP contribution in [0.3, 0.4) is 0 Å². The van der Waals surface area contributed by atoms with E-state index in [1.54, 1.807) is 12.4 Å². The van der Waals surface area contributed by atoms with Gasteiger partial charge in [0.05, 0.1) is 74.5 Å². The van der Waals surface area contributed by atoms with Gasteiger partial charge in [0, 0.05) is 85.1 Å². The van der Waals surface area contributed by atoms with E-state index in [1.165, 1.54) is 22.7 Å². The zero-order chi connectivity index (χ0) is 54.1. The van der Waals surface area contributed by atoms with Crippen molar-refractivity contribution in [1.29, 1.82) is 0 Å². The quantitative estimate of drug-likeness (QED) is 0.0255. The van der Waals surface area contributed by atoms with Crippen LogP contribution in [0.2, 0.25) is 0 Å². The third-order valence-electron chi connectivity index (χ3n) is 12.2. The number of nitrogens with one attached hydrogen (secondary N) is 2. The summed E-state index contributed by atoms with van der Waals surface area (Å²) in [6, 6.07) is 22.8. The van der Waals surface area contributed by atoms with E-state index < -0.39 is 0 Å². The van der Waals surface area contributed by atoms with Gasteiger partial charge < -0.3 is 60.5 Å². The van der Waals surface area contributed by atoms with Crippen LogP contribution in [0, 0.1) is 11.8 Å². The number of anilines is 4. The zero-order valence-corrected chi connectivity index (χ0v) is 44.3. The highest BCUT2D eigenvalue weighted by atomic mass is 16.6. The molecule has 2 aliphatic rings. The maximum atomic E-state index is 12.5. The lowest BCUT2D eigenvalue weighted by Crippen LogP contribution is -2.33. The molecule has 0 aliphatic carbocycles. The Labute approximate surface area is 444 Å². The van der Waals surface area contributed by atoms with E-state index in [0.29, 0.717) is 96.7 Å². The molecule has 0 spiro atoms. The largest absolute Gasteiger partial charge is 0.493 e. The summed E-state index contributed by atoms with van der Waals surface area (Å²) in [6.45, 7) is 15.4. The molecule has 404 valence electrons. The fourth-order valence-electron chi connectivity index (χ4n) is 8.15. The monoisotopic (exact) mass is 1040 g/mol. The molecule has 2 atom stereocenters. The summed E-state index contributed by atoms with van der Waals surface area (Å²) >= 11 is 0. The Morgan fingerprint density at radius 1 is 0.632 bits per heavy atom. The molecule has 2 aromatic heterocycles. The van der Waals surface area contributed by atoms with Crippen molar-refractivity contribution in [3.8, 4) is 23.0 Å². The number of hydrazine groups is 2. The van der Waals surface area contributed by atoms with Crippen molar-refractivity contribution < 1.29 is 38.0 Å². The molecule has 4 aromatic carbocycles. The Morgan fingerprint density at radius 3 is 1.37 bits per heavy atom. The Kier molecular flexibility index (Phi) is 20.0. The first kappa shape index (κ1) is 56.0. The first-order valence-electron chi connectivity index (χ1n) is 25.7. The summed E-state index contributed by atoms with van der Waals surface area (Å²) in [5.41, 5.74) is 17.9. The number of hydrogen-bond acceptors (Lipinski definition) is 20. The number of carbonyl (C=O) groups excluding carboxylic acids is 2. The maximum absolute atomic E-state index is 12.5. The Morgan fingerprint density at radius 2 is 1.03 bits per heavy atom. The number of carbonyl (C=O) groups is 2. The van der Waals surface area contributed by atoms with Crippen LogP contribution in [0.4, 0.5) is 23.0 Å². The summed E-state index contributed by atoms with van der Waals surface area (Å²) in [6.07, 6.45) is 8.52. The van der Waals surface area contributed by atoms with Crippen LogP contribution in [0.25, 0.3) is 21.8 Å². The number of fused-ring (bicyclic) bond motifs is 2. The second-order valence-corrected chi connectivity index (χ2v) is 19.1. The highest BCUT2D eigenvalue weighted by Crippen LogP contribution is 2.38. The van der Waals surface area contributed by atoms with Crippen LogP contribution in [-0.4, -0.2) is 106 Å². The van der Waals surface area contributed by atoms with Crippen LogP contribution in [0.1, 0.15) is 65.5 Å². The highest BCUT2D eigenvalue weighted by molar-refractivity contribution is 5.98. The normalized spacial score (nSPS) is 15.6. The average molecular weight is 1040 g/mol. The summed E-state index contributed by atoms with van der Waals surface area (Å²) in [7, 11) is 0. The molecular weight excluding hydrogens is 969 g/mol. The summed E-state index contributed by atoms with van der Waals surface area (Å²) in [5, 5.41) is 10.9. The predicted octanol–water partition coefficient (Wildman–Crippen LogP) is 7.37. The van der Waals surface area contributed by atoms with E-state index in [9.17, 15) is 9.59 Å². The molecule has 20 nitrogen and oxygen atoms in total. The van der Waals surface area contributed by atoms with Crippen molar-refractivity contribution in [3.05, 3.63) is 120 Å². The fourth-order valence-corrected chi connectivity index (χ4v) is 8.15. The maximum Gasteiger partial charge on any atom is 0.158 e. The van der Waals surface area contributed by atoms with Crippen molar-refractivity contribution in [2.75, 3.05) is 63.4 Å². The molecule has 20 heteroatoms. The van der Waals surface area contributed by atoms with E-state index in [1.807, 2.05) is 114 Å². The lowest BCUT2D eigenvalue weighted by molar-refractivity contribution is -0.119. The SMILES string of the molecule is CCOc1cc(O[C@@H]2CCOC2)cc2ncnc(Nc3ccc(CC(=O)CN(N)/C=C(\N)C(C)C)cc3)c12.CCOc1cc(O[C@H]2CCOC2)cc2ncnc(Nc3ccc(CC(=O)CN(N)/C=C(\N)C(C)C)cc3)c12. The van der Waals surface area contributed by atoms with Gasteiger partial charge in [0.15, 0.2) is 11.6 Å². The molecule has 76 heavy (non-hydrogen) atoms. The van der Waals surface area contributed by atoms with Crippen LogP contribution in [-0.2, 0) is 31.9 Å². The third-order valence-corrected chi connectivity index (χ3v) is 12.2.